The number of allylic oxidation sites excluding steroid dienone is 1. The van der Waals surface area contributed by atoms with Crippen molar-refractivity contribution < 1.29 is 36.2 Å². The van der Waals surface area contributed by atoms with E-state index in [4.69, 9.17) is 4.74 Å². The summed E-state index contributed by atoms with van der Waals surface area (Å²) in [6.45, 7) is 2.04. The molecule has 2 aliphatic carbocycles. The quantitative estimate of drug-likeness (QED) is 0.380. The fourth-order valence-electron chi connectivity index (χ4n) is 3.45. The molecule has 2 fully saturated rings. The summed E-state index contributed by atoms with van der Waals surface area (Å²) < 4.78 is 73.4. The number of rotatable bonds is 4. The van der Waals surface area contributed by atoms with Gasteiger partial charge >= 0.3 is 12.3 Å². The Morgan fingerprint density at radius 1 is 0.880 bits per heavy atom. The lowest BCUT2D eigenvalue weighted by atomic mass is 9.82. The van der Waals surface area contributed by atoms with Crippen molar-refractivity contribution in [2.24, 2.45) is 11.8 Å². The Kier molecular flexibility index (Phi) is 6.82. The first-order valence-electron chi connectivity index (χ1n) is 8.66. The standard InChI is InChI=1S/C17H23F5O3/c1-10-2-4-11(5-3-10)14(18)15(19)16(23)24-12-6-8-13(9-7-12)25-17(20,21)22/h10-13H,2-9H2,1H3/b15-14+. The van der Waals surface area contributed by atoms with Gasteiger partial charge in [-0.05, 0) is 44.4 Å². The normalized spacial score (nSPS) is 32.1. The molecule has 25 heavy (non-hydrogen) atoms. The van der Waals surface area contributed by atoms with Gasteiger partial charge in [0.05, 0.1) is 6.10 Å². The zero-order valence-electron chi connectivity index (χ0n) is 14.1. The number of carbonyl (C=O) groups excluding carboxylic acids is 1. The monoisotopic (exact) mass is 370 g/mol. The summed E-state index contributed by atoms with van der Waals surface area (Å²) in [6.07, 6.45) is -3.51. The molecule has 0 heterocycles. The van der Waals surface area contributed by atoms with Crippen molar-refractivity contribution in [1.29, 1.82) is 0 Å². The Labute approximate surface area is 143 Å². The molecule has 3 nitrogen and oxygen atoms in total. The second-order valence-corrected chi connectivity index (χ2v) is 6.99. The van der Waals surface area contributed by atoms with E-state index in [1.165, 1.54) is 0 Å². The van der Waals surface area contributed by atoms with Crippen LogP contribution in [0.4, 0.5) is 22.0 Å². The van der Waals surface area contributed by atoms with Gasteiger partial charge in [0, 0.05) is 5.92 Å². The molecule has 0 N–H and O–H groups in total. The third kappa shape index (κ3) is 6.24. The summed E-state index contributed by atoms with van der Waals surface area (Å²) in [5.41, 5.74) is 0. The fraction of sp³-hybridized carbons (Fsp3) is 0.824. The zero-order valence-corrected chi connectivity index (χ0v) is 14.1. The van der Waals surface area contributed by atoms with Crippen LogP contribution in [-0.4, -0.2) is 24.5 Å². The molecule has 0 aromatic carbocycles. The average molecular weight is 370 g/mol. The first kappa shape index (κ1) is 20.1. The van der Waals surface area contributed by atoms with Crippen molar-refractivity contribution >= 4 is 5.97 Å². The molecule has 0 aliphatic heterocycles. The molecule has 0 aromatic rings. The van der Waals surface area contributed by atoms with Gasteiger partial charge in [-0.15, -0.1) is 13.2 Å². The van der Waals surface area contributed by atoms with Crippen molar-refractivity contribution in [1.82, 2.24) is 0 Å². The predicted molar refractivity (Wildman–Crippen MR) is 79.6 cm³/mol. The highest BCUT2D eigenvalue weighted by Gasteiger charge is 2.36. The minimum atomic E-state index is -4.70. The highest BCUT2D eigenvalue weighted by atomic mass is 19.4. The van der Waals surface area contributed by atoms with E-state index in [1.807, 2.05) is 6.92 Å². The highest BCUT2D eigenvalue weighted by Crippen LogP contribution is 2.36. The van der Waals surface area contributed by atoms with E-state index in [0.29, 0.717) is 18.8 Å². The van der Waals surface area contributed by atoms with Crippen LogP contribution >= 0.6 is 0 Å². The van der Waals surface area contributed by atoms with E-state index < -0.39 is 42.1 Å². The first-order valence-corrected chi connectivity index (χ1v) is 8.66. The van der Waals surface area contributed by atoms with Gasteiger partial charge in [-0.2, -0.15) is 4.39 Å². The van der Waals surface area contributed by atoms with Gasteiger partial charge in [-0.1, -0.05) is 19.8 Å². The highest BCUT2D eigenvalue weighted by molar-refractivity contribution is 5.86. The molecule has 2 rings (SSSR count). The van der Waals surface area contributed by atoms with Crippen molar-refractivity contribution in [3.05, 3.63) is 11.7 Å². The topological polar surface area (TPSA) is 35.5 Å². The van der Waals surface area contributed by atoms with E-state index in [1.54, 1.807) is 0 Å². The number of alkyl halides is 3. The van der Waals surface area contributed by atoms with Crippen LogP contribution in [-0.2, 0) is 14.3 Å². The maximum Gasteiger partial charge on any atom is 0.522 e. The van der Waals surface area contributed by atoms with Gasteiger partial charge in [0.25, 0.3) is 0 Å². The Balaban J connectivity index is 1.82. The smallest absolute Gasteiger partial charge is 0.457 e. The summed E-state index contributed by atoms with van der Waals surface area (Å²) in [4.78, 5) is 11.8. The average Bonchev–Trinajstić information content (AvgIpc) is 2.54. The van der Waals surface area contributed by atoms with Gasteiger partial charge in [-0.25, -0.2) is 9.18 Å². The van der Waals surface area contributed by atoms with Crippen molar-refractivity contribution in [2.75, 3.05) is 0 Å². The molecule has 2 aliphatic rings. The van der Waals surface area contributed by atoms with Crippen LogP contribution in [0.5, 0.6) is 0 Å². The SMILES string of the molecule is CC1CCC(/C(F)=C(\F)C(=O)OC2CCC(OC(F)(F)F)CC2)CC1. The maximum atomic E-state index is 14.1. The molecule has 8 heteroatoms. The molecular weight excluding hydrogens is 347 g/mol. The summed E-state index contributed by atoms with van der Waals surface area (Å²) in [7, 11) is 0. The van der Waals surface area contributed by atoms with Crippen LogP contribution < -0.4 is 0 Å². The van der Waals surface area contributed by atoms with Crippen LogP contribution in [0.15, 0.2) is 11.7 Å². The molecule has 0 bridgehead atoms. The Morgan fingerprint density at radius 3 is 1.92 bits per heavy atom. The number of esters is 1. The van der Waals surface area contributed by atoms with Crippen LogP contribution in [0.2, 0.25) is 0 Å². The van der Waals surface area contributed by atoms with Crippen molar-refractivity contribution in [3.8, 4) is 0 Å². The minimum Gasteiger partial charge on any atom is -0.457 e. The van der Waals surface area contributed by atoms with Crippen LogP contribution in [0.1, 0.15) is 58.3 Å². The van der Waals surface area contributed by atoms with E-state index in [9.17, 15) is 26.7 Å². The Hall–Kier alpha value is -1.18. The van der Waals surface area contributed by atoms with Gasteiger partial charge in [0.1, 0.15) is 11.9 Å². The lowest BCUT2D eigenvalue weighted by molar-refractivity contribution is -0.346. The van der Waals surface area contributed by atoms with Crippen molar-refractivity contribution in [2.45, 2.75) is 76.9 Å². The third-order valence-corrected chi connectivity index (χ3v) is 4.96. The van der Waals surface area contributed by atoms with Crippen LogP contribution in [0.3, 0.4) is 0 Å². The first-order chi connectivity index (χ1) is 11.7. The molecule has 0 radical (unpaired) electrons. The van der Waals surface area contributed by atoms with E-state index >= 15 is 0 Å². The molecule has 0 aromatic heterocycles. The van der Waals surface area contributed by atoms with Crippen LogP contribution in [0.25, 0.3) is 0 Å². The van der Waals surface area contributed by atoms with E-state index in [0.717, 1.165) is 12.8 Å². The minimum absolute atomic E-state index is 0.0474. The molecule has 144 valence electrons. The van der Waals surface area contributed by atoms with E-state index in [-0.39, 0.29) is 25.7 Å². The summed E-state index contributed by atoms with van der Waals surface area (Å²) >= 11 is 0. The lowest BCUT2D eigenvalue weighted by Gasteiger charge is -2.28. The zero-order chi connectivity index (χ0) is 18.6. The molecular formula is C17H23F5O3. The molecule has 0 atom stereocenters. The molecule has 0 amide bonds. The molecule has 0 unspecified atom stereocenters. The number of hydrogen-bond acceptors (Lipinski definition) is 3. The van der Waals surface area contributed by atoms with Gasteiger partial charge in [0.2, 0.25) is 5.83 Å². The number of carbonyl (C=O) groups is 1. The molecule has 0 spiro atoms. The predicted octanol–water partition coefficient (Wildman–Crippen LogP) is 5.35. The largest absolute Gasteiger partial charge is 0.522 e. The Bertz CT molecular complexity index is 487. The Morgan fingerprint density at radius 2 is 1.40 bits per heavy atom. The summed E-state index contributed by atoms with van der Waals surface area (Å²) in [5.74, 6) is -4.07. The van der Waals surface area contributed by atoms with Gasteiger partial charge in [-0.3, -0.25) is 4.74 Å². The third-order valence-electron chi connectivity index (χ3n) is 4.96. The summed E-state index contributed by atoms with van der Waals surface area (Å²) in [6, 6.07) is 0. The maximum absolute atomic E-state index is 14.1. The van der Waals surface area contributed by atoms with Gasteiger partial charge in [0.15, 0.2) is 0 Å². The second kappa shape index (κ2) is 8.47. The number of hydrogen-bond donors (Lipinski definition) is 0. The fourth-order valence-corrected chi connectivity index (χ4v) is 3.45. The van der Waals surface area contributed by atoms with E-state index in [2.05, 4.69) is 4.74 Å². The number of halogens is 5. The van der Waals surface area contributed by atoms with Gasteiger partial charge < -0.3 is 4.74 Å². The lowest BCUT2D eigenvalue weighted by Crippen LogP contribution is -2.32. The second-order valence-electron chi connectivity index (χ2n) is 6.99. The molecule has 2 saturated carbocycles. The number of ether oxygens (including phenoxy) is 2. The van der Waals surface area contributed by atoms with Crippen LogP contribution in [0, 0.1) is 11.8 Å². The summed E-state index contributed by atoms with van der Waals surface area (Å²) in [5, 5.41) is 0. The molecule has 0 saturated heterocycles. The van der Waals surface area contributed by atoms with Crippen molar-refractivity contribution in [3.63, 3.8) is 0 Å².